The van der Waals surface area contributed by atoms with Crippen molar-refractivity contribution in [2.75, 3.05) is 0 Å². The number of hydrogen-bond acceptors (Lipinski definition) is 1. The Bertz CT molecular complexity index is 415. The summed E-state index contributed by atoms with van der Waals surface area (Å²) in [5, 5.41) is 3.20. The molecule has 0 spiro atoms. The molecule has 4 heteroatoms. The van der Waals surface area contributed by atoms with Gasteiger partial charge in [-0.05, 0) is 41.3 Å². The Morgan fingerprint density at radius 2 is 2.00 bits per heavy atom. The van der Waals surface area contributed by atoms with Crippen LogP contribution in [0.1, 0.15) is 69.8 Å². The van der Waals surface area contributed by atoms with Gasteiger partial charge in [0.15, 0.2) is 0 Å². The summed E-state index contributed by atoms with van der Waals surface area (Å²) in [7, 11) is 0. The summed E-state index contributed by atoms with van der Waals surface area (Å²) in [6.45, 7) is 7.36. The average molecular weight is 343 g/mol. The standard InChI is InChI=1S/C16H27BrN2O/c1-4-7-9-14(8-5-2)18-16(20)15-11-13(17)12-19(15)10-6-3/h11-12,14H,4-10H2,1-3H3,(H,18,20). The summed E-state index contributed by atoms with van der Waals surface area (Å²) in [6.07, 6.45) is 8.59. The molecule has 114 valence electrons. The largest absolute Gasteiger partial charge is 0.348 e. The SMILES string of the molecule is CCCCC(CCC)NC(=O)c1cc(Br)cn1CCC. The van der Waals surface area contributed by atoms with E-state index in [1.165, 1.54) is 12.8 Å². The molecule has 1 rings (SSSR count). The van der Waals surface area contributed by atoms with Crippen molar-refractivity contribution in [3.05, 3.63) is 22.4 Å². The van der Waals surface area contributed by atoms with Crippen LogP contribution in [0.25, 0.3) is 0 Å². The van der Waals surface area contributed by atoms with Crippen LogP contribution in [0, 0.1) is 0 Å². The van der Waals surface area contributed by atoms with E-state index in [2.05, 4.69) is 42.0 Å². The van der Waals surface area contributed by atoms with Crippen LogP contribution < -0.4 is 5.32 Å². The Balaban J connectivity index is 2.72. The molecule has 0 aromatic carbocycles. The molecule has 1 amide bonds. The summed E-state index contributed by atoms with van der Waals surface area (Å²) in [4.78, 5) is 12.4. The summed E-state index contributed by atoms with van der Waals surface area (Å²) < 4.78 is 3.00. The van der Waals surface area contributed by atoms with Gasteiger partial charge < -0.3 is 9.88 Å². The first-order valence-corrected chi connectivity index (χ1v) is 8.58. The summed E-state index contributed by atoms with van der Waals surface area (Å²) in [6, 6.07) is 2.21. The van der Waals surface area contributed by atoms with Crippen molar-refractivity contribution in [3.8, 4) is 0 Å². The Morgan fingerprint density at radius 3 is 2.60 bits per heavy atom. The fourth-order valence-corrected chi connectivity index (χ4v) is 2.90. The van der Waals surface area contributed by atoms with E-state index >= 15 is 0 Å². The lowest BCUT2D eigenvalue weighted by Gasteiger charge is -2.18. The van der Waals surface area contributed by atoms with Crippen molar-refractivity contribution in [2.45, 2.75) is 71.9 Å². The molecule has 0 radical (unpaired) electrons. The first kappa shape index (κ1) is 17.3. The van der Waals surface area contributed by atoms with Crippen LogP contribution in [0.3, 0.4) is 0 Å². The van der Waals surface area contributed by atoms with Crippen LogP contribution in [0.15, 0.2) is 16.7 Å². The van der Waals surface area contributed by atoms with Gasteiger partial charge in [-0.3, -0.25) is 4.79 Å². The van der Waals surface area contributed by atoms with Gasteiger partial charge in [0.2, 0.25) is 0 Å². The predicted octanol–water partition coefficient (Wildman–Crippen LogP) is 4.75. The fourth-order valence-electron chi connectivity index (χ4n) is 2.44. The van der Waals surface area contributed by atoms with E-state index in [0.717, 1.165) is 42.4 Å². The Kier molecular flexibility index (Phi) is 7.97. The number of nitrogens with zero attached hydrogens (tertiary/aromatic N) is 1. The minimum Gasteiger partial charge on any atom is -0.348 e. The van der Waals surface area contributed by atoms with Gasteiger partial charge in [-0.15, -0.1) is 0 Å². The topological polar surface area (TPSA) is 34.0 Å². The zero-order chi connectivity index (χ0) is 15.0. The van der Waals surface area contributed by atoms with E-state index in [-0.39, 0.29) is 5.91 Å². The van der Waals surface area contributed by atoms with E-state index in [9.17, 15) is 4.79 Å². The highest BCUT2D eigenvalue weighted by Crippen LogP contribution is 2.16. The number of nitrogens with one attached hydrogen (secondary N) is 1. The van der Waals surface area contributed by atoms with Gasteiger partial charge >= 0.3 is 0 Å². The van der Waals surface area contributed by atoms with Crippen molar-refractivity contribution in [1.82, 2.24) is 9.88 Å². The molecule has 1 atom stereocenters. The Hall–Kier alpha value is -0.770. The van der Waals surface area contributed by atoms with Crippen LogP contribution >= 0.6 is 15.9 Å². The van der Waals surface area contributed by atoms with Crippen molar-refractivity contribution in [3.63, 3.8) is 0 Å². The van der Waals surface area contributed by atoms with Gasteiger partial charge in [0.25, 0.3) is 5.91 Å². The van der Waals surface area contributed by atoms with E-state index < -0.39 is 0 Å². The number of aryl methyl sites for hydroxylation is 1. The highest BCUT2D eigenvalue weighted by atomic mass is 79.9. The maximum atomic E-state index is 12.4. The molecule has 3 nitrogen and oxygen atoms in total. The summed E-state index contributed by atoms with van der Waals surface area (Å²) in [5.41, 5.74) is 0.760. The number of carbonyl (C=O) groups excluding carboxylic acids is 1. The number of amides is 1. The Labute approximate surface area is 131 Å². The smallest absolute Gasteiger partial charge is 0.268 e. The molecular weight excluding hydrogens is 316 g/mol. The lowest BCUT2D eigenvalue weighted by atomic mass is 10.1. The number of unbranched alkanes of at least 4 members (excludes halogenated alkanes) is 1. The summed E-state index contributed by atoms with van der Waals surface area (Å²) >= 11 is 3.46. The molecule has 0 saturated carbocycles. The quantitative estimate of drug-likeness (QED) is 0.690. The van der Waals surface area contributed by atoms with Gasteiger partial charge in [0.1, 0.15) is 5.69 Å². The molecule has 0 fully saturated rings. The van der Waals surface area contributed by atoms with Crippen LogP contribution in [0.5, 0.6) is 0 Å². The van der Waals surface area contributed by atoms with Crippen LogP contribution in [0.4, 0.5) is 0 Å². The molecule has 0 saturated heterocycles. The van der Waals surface area contributed by atoms with Gasteiger partial charge in [0, 0.05) is 23.3 Å². The average Bonchev–Trinajstić information content (AvgIpc) is 2.78. The molecule has 0 aliphatic heterocycles. The number of halogens is 1. The van der Waals surface area contributed by atoms with Crippen molar-refractivity contribution in [2.24, 2.45) is 0 Å². The molecule has 1 aromatic heterocycles. The molecule has 0 bridgehead atoms. The van der Waals surface area contributed by atoms with Crippen molar-refractivity contribution in [1.29, 1.82) is 0 Å². The summed E-state index contributed by atoms with van der Waals surface area (Å²) in [5.74, 6) is 0.0544. The van der Waals surface area contributed by atoms with E-state index in [1.807, 2.05) is 16.8 Å². The third-order valence-corrected chi connectivity index (χ3v) is 3.87. The number of rotatable bonds is 9. The molecule has 20 heavy (non-hydrogen) atoms. The maximum absolute atomic E-state index is 12.4. The van der Waals surface area contributed by atoms with Crippen molar-refractivity contribution < 1.29 is 4.79 Å². The number of hydrogen-bond donors (Lipinski definition) is 1. The molecule has 1 aromatic rings. The Morgan fingerprint density at radius 1 is 1.25 bits per heavy atom. The molecular formula is C16H27BrN2O. The van der Waals surface area contributed by atoms with Crippen LogP contribution in [-0.2, 0) is 6.54 Å². The lowest BCUT2D eigenvalue weighted by Crippen LogP contribution is -2.35. The molecule has 0 aliphatic rings. The minimum absolute atomic E-state index is 0.0544. The van der Waals surface area contributed by atoms with Gasteiger partial charge in [-0.25, -0.2) is 0 Å². The molecule has 0 aliphatic carbocycles. The van der Waals surface area contributed by atoms with Gasteiger partial charge in [-0.1, -0.05) is 40.0 Å². The second-order valence-electron chi connectivity index (χ2n) is 5.34. The van der Waals surface area contributed by atoms with E-state index in [4.69, 9.17) is 0 Å². The second kappa shape index (κ2) is 9.22. The fraction of sp³-hybridized carbons (Fsp3) is 0.688. The minimum atomic E-state index is 0.0544. The number of carbonyl (C=O) groups is 1. The highest BCUT2D eigenvalue weighted by Gasteiger charge is 2.16. The normalized spacial score (nSPS) is 12.4. The number of aromatic nitrogens is 1. The highest BCUT2D eigenvalue weighted by molar-refractivity contribution is 9.10. The predicted molar refractivity (Wildman–Crippen MR) is 88.1 cm³/mol. The van der Waals surface area contributed by atoms with Gasteiger partial charge in [0.05, 0.1) is 0 Å². The first-order chi connectivity index (χ1) is 9.62. The third-order valence-electron chi connectivity index (χ3n) is 3.44. The van der Waals surface area contributed by atoms with Crippen LogP contribution in [-0.4, -0.2) is 16.5 Å². The maximum Gasteiger partial charge on any atom is 0.268 e. The monoisotopic (exact) mass is 342 g/mol. The zero-order valence-electron chi connectivity index (χ0n) is 12.9. The molecule has 1 N–H and O–H groups in total. The van der Waals surface area contributed by atoms with Crippen molar-refractivity contribution >= 4 is 21.8 Å². The van der Waals surface area contributed by atoms with Crippen LogP contribution in [0.2, 0.25) is 0 Å². The second-order valence-corrected chi connectivity index (χ2v) is 6.25. The zero-order valence-corrected chi connectivity index (χ0v) is 14.5. The molecule has 1 unspecified atom stereocenters. The lowest BCUT2D eigenvalue weighted by molar-refractivity contribution is 0.0922. The molecule has 1 heterocycles. The third kappa shape index (κ3) is 5.31. The van der Waals surface area contributed by atoms with E-state index in [0.29, 0.717) is 6.04 Å². The first-order valence-electron chi connectivity index (χ1n) is 7.78. The van der Waals surface area contributed by atoms with Gasteiger partial charge in [-0.2, -0.15) is 0 Å². The van der Waals surface area contributed by atoms with E-state index in [1.54, 1.807) is 0 Å².